The Morgan fingerprint density at radius 3 is 2.78 bits per heavy atom. The molecule has 0 saturated heterocycles. The lowest BCUT2D eigenvalue weighted by Crippen LogP contribution is -2.17. The average Bonchev–Trinajstić information content (AvgIpc) is 2.31. The molecule has 92 valence electrons. The number of hydrogen-bond acceptors (Lipinski definition) is 4. The summed E-state index contributed by atoms with van der Waals surface area (Å²) in [5, 5.41) is 17.9. The van der Waals surface area contributed by atoms with Crippen molar-refractivity contribution in [3.05, 3.63) is 46.4 Å². The van der Waals surface area contributed by atoms with Gasteiger partial charge in [0.25, 0.3) is 5.56 Å². The smallest absolute Gasteiger partial charge is 0.308 e. The van der Waals surface area contributed by atoms with Gasteiger partial charge in [-0.1, -0.05) is 12.1 Å². The lowest BCUT2D eigenvalue weighted by atomic mass is 10.2. The molecule has 1 heterocycles. The van der Waals surface area contributed by atoms with Gasteiger partial charge >= 0.3 is 5.97 Å². The fourth-order valence-electron chi connectivity index (χ4n) is 1.51. The van der Waals surface area contributed by atoms with Gasteiger partial charge in [0.15, 0.2) is 0 Å². The van der Waals surface area contributed by atoms with E-state index in [1.807, 2.05) is 0 Å². The number of rotatable bonds is 3. The minimum absolute atomic E-state index is 0.0600. The summed E-state index contributed by atoms with van der Waals surface area (Å²) in [5.41, 5.74) is 0.145. The SMILES string of the molecule is O=C(O)Cc1cnc(-c2cccc(O)c2)[nH]c1=O. The minimum Gasteiger partial charge on any atom is -0.508 e. The van der Waals surface area contributed by atoms with Crippen molar-refractivity contribution >= 4 is 5.97 Å². The molecule has 0 aliphatic rings. The Balaban J connectivity index is 2.40. The Kier molecular flexibility index (Phi) is 3.09. The van der Waals surface area contributed by atoms with Crippen molar-refractivity contribution in [3.8, 4) is 17.1 Å². The predicted molar refractivity (Wildman–Crippen MR) is 63.3 cm³/mol. The summed E-state index contributed by atoms with van der Waals surface area (Å²) >= 11 is 0. The van der Waals surface area contributed by atoms with Gasteiger partial charge in [-0.3, -0.25) is 9.59 Å². The first kappa shape index (κ1) is 11.8. The zero-order valence-electron chi connectivity index (χ0n) is 9.25. The number of nitrogens with one attached hydrogen (secondary N) is 1. The fraction of sp³-hybridized carbons (Fsp3) is 0.0833. The molecule has 3 N–H and O–H groups in total. The van der Waals surface area contributed by atoms with E-state index in [2.05, 4.69) is 9.97 Å². The Hall–Kier alpha value is -2.63. The number of carbonyl (C=O) groups is 1. The quantitative estimate of drug-likeness (QED) is 0.742. The van der Waals surface area contributed by atoms with Crippen LogP contribution in [0.1, 0.15) is 5.56 Å². The third-order valence-corrected chi connectivity index (χ3v) is 2.33. The highest BCUT2D eigenvalue weighted by molar-refractivity contribution is 5.70. The van der Waals surface area contributed by atoms with Crippen molar-refractivity contribution in [2.24, 2.45) is 0 Å². The predicted octanol–water partition coefficient (Wildman–Crippen LogP) is 0.770. The maximum Gasteiger partial charge on any atom is 0.308 e. The van der Waals surface area contributed by atoms with Crippen LogP contribution in [0.5, 0.6) is 5.75 Å². The summed E-state index contributed by atoms with van der Waals surface area (Å²) in [6.45, 7) is 0. The van der Waals surface area contributed by atoms with Crippen LogP contribution >= 0.6 is 0 Å². The van der Waals surface area contributed by atoms with Crippen molar-refractivity contribution in [3.63, 3.8) is 0 Å². The van der Waals surface area contributed by atoms with Crippen molar-refractivity contribution < 1.29 is 15.0 Å². The van der Waals surface area contributed by atoms with E-state index >= 15 is 0 Å². The number of aromatic amines is 1. The third kappa shape index (κ3) is 2.54. The Bertz CT molecular complexity index is 649. The van der Waals surface area contributed by atoms with Crippen LogP contribution in [0.15, 0.2) is 35.3 Å². The molecule has 0 spiro atoms. The van der Waals surface area contributed by atoms with E-state index in [-0.39, 0.29) is 23.6 Å². The van der Waals surface area contributed by atoms with E-state index in [4.69, 9.17) is 5.11 Å². The van der Waals surface area contributed by atoms with E-state index in [1.165, 1.54) is 18.3 Å². The summed E-state index contributed by atoms with van der Waals surface area (Å²) in [4.78, 5) is 28.6. The molecule has 18 heavy (non-hydrogen) atoms. The van der Waals surface area contributed by atoms with Crippen LogP contribution < -0.4 is 5.56 Å². The highest BCUT2D eigenvalue weighted by Gasteiger charge is 2.08. The molecular weight excluding hydrogens is 236 g/mol. The fourth-order valence-corrected chi connectivity index (χ4v) is 1.51. The van der Waals surface area contributed by atoms with Gasteiger partial charge in [-0.05, 0) is 12.1 Å². The number of phenolic OH excluding ortho intramolecular Hbond substituents is 1. The van der Waals surface area contributed by atoms with Gasteiger partial charge < -0.3 is 15.2 Å². The number of aromatic hydroxyl groups is 1. The number of aliphatic carboxylic acids is 1. The van der Waals surface area contributed by atoms with Crippen LogP contribution in [0.3, 0.4) is 0 Å². The highest BCUT2D eigenvalue weighted by atomic mass is 16.4. The summed E-state index contributed by atoms with van der Waals surface area (Å²) in [6, 6.07) is 6.25. The number of aromatic nitrogens is 2. The van der Waals surface area contributed by atoms with E-state index in [1.54, 1.807) is 12.1 Å². The van der Waals surface area contributed by atoms with Gasteiger partial charge in [-0.25, -0.2) is 4.98 Å². The summed E-state index contributed by atoms with van der Waals surface area (Å²) in [5.74, 6) is -0.748. The molecule has 6 nitrogen and oxygen atoms in total. The molecular formula is C12H10N2O4. The van der Waals surface area contributed by atoms with E-state index < -0.39 is 11.5 Å². The second kappa shape index (κ2) is 4.70. The van der Waals surface area contributed by atoms with E-state index in [9.17, 15) is 14.7 Å². The van der Waals surface area contributed by atoms with Crippen LogP contribution in [0.2, 0.25) is 0 Å². The maximum absolute atomic E-state index is 11.6. The molecule has 0 fully saturated rings. The number of H-pyrrole nitrogens is 1. The van der Waals surface area contributed by atoms with Crippen molar-refractivity contribution in [2.75, 3.05) is 0 Å². The molecule has 0 amide bonds. The summed E-state index contributed by atoms with van der Waals surface area (Å²) < 4.78 is 0. The Morgan fingerprint density at radius 2 is 2.17 bits per heavy atom. The zero-order chi connectivity index (χ0) is 13.1. The number of nitrogens with zero attached hydrogens (tertiary/aromatic N) is 1. The largest absolute Gasteiger partial charge is 0.508 e. The van der Waals surface area contributed by atoms with Crippen molar-refractivity contribution in [1.82, 2.24) is 9.97 Å². The number of benzene rings is 1. The first-order valence-corrected chi connectivity index (χ1v) is 5.15. The van der Waals surface area contributed by atoms with Crippen LogP contribution in [0.4, 0.5) is 0 Å². The molecule has 0 aliphatic carbocycles. The van der Waals surface area contributed by atoms with Crippen molar-refractivity contribution in [1.29, 1.82) is 0 Å². The molecule has 0 bridgehead atoms. The van der Waals surface area contributed by atoms with Crippen LogP contribution in [-0.4, -0.2) is 26.2 Å². The third-order valence-electron chi connectivity index (χ3n) is 2.33. The topological polar surface area (TPSA) is 103 Å². The van der Waals surface area contributed by atoms with Crippen molar-refractivity contribution in [2.45, 2.75) is 6.42 Å². The summed E-state index contributed by atoms with van der Waals surface area (Å²) in [7, 11) is 0. The molecule has 0 radical (unpaired) electrons. The Labute approximate surface area is 102 Å². The second-order valence-corrected chi connectivity index (χ2v) is 3.71. The van der Waals surface area contributed by atoms with Crippen LogP contribution in [0.25, 0.3) is 11.4 Å². The van der Waals surface area contributed by atoms with Crippen LogP contribution in [0, 0.1) is 0 Å². The average molecular weight is 246 g/mol. The minimum atomic E-state index is -1.09. The summed E-state index contributed by atoms with van der Waals surface area (Å²) in [6.07, 6.45) is 0.856. The lowest BCUT2D eigenvalue weighted by Gasteiger charge is -2.02. The van der Waals surface area contributed by atoms with Gasteiger partial charge in [0, 0.05) is 17.3 Å². The first-order chi connectivity index (χ1) is 8.56. The van der Waals surface area contributed by atoms with Gasteiger partial charge in [0.2, 0.25) is 0 Å². The van der Waals surface area contributed by atoms with Crippen LogP contribution in [-0.2, 0) is 11.2 Å². The molecule has 1 aromatic carbocycles. The van der Waals surface area contributed by atoms with Gasteiger partial charge in [0.05, 0.1) is 6.42 Å². The zero-order valence-corrected chi connectivity index (χ0v) is 9.25. The molecule has 0 atom stereocenters. The monoisotopic (exact) mass is 246 g/mol. The number of carboxylic acid groups (broad SMARTS) is 1. The molecule has 0 saturated carbocycles. The molecule has 6 heteroatoms. The molecule has 1 aromatic heterocycles. The standard InChI is InChI=1S/C12H10N2O4/c15-9-3-1-2-7(4-9)11-13-6-8(5-10(16)17)12(18)14-11/h1-4,6,15H,5H2,(H,16,17)(H,13,14,18). The number of phenols is 1. The van der Waals surface area contributed by atoms with Gasteiger partial charge in [-0.2, -0.15) is 0 Å². The molecule has 0 unspecified atom stereocenters. The van der Waals surface area contributed by atoms with Gasteiger partial charge in [0.1, 0.15) is 11.6 Å². The molecule has 2 aromatic rings. The van der Waals surface area contributed by atoms with Gasteiger partial charge in [-0.15, -0.1) is 0 Å². The molecule has 0 aliphatic heterocycles. The normalized spacial score (nSPS) is 10.2. The Morgan fingerprint density at radius 1 is 1.39 bits per heavy atom. The first-order valence-electron chi connectivity index (χ1n) is 5.15. The molecule has 2 rings (SSSR count). The van der Waals surface area contributed by atoms with E-state index in [0.717, 1.165) is 0 Å². The van der Waals surface area contributed by atoms with E-state index in [0.29, 0.717) is 5.56 Å². The number of carboxylic acids is 1. The maximum atomic E-state index is 11.6. The highest BCUT2D eigenvalue weighted by Crippen LogP contribution is 2.18. The second-order valence-electron chi connectivity index (χ2n) is 3.71. The lowest BCUT2D eigenvalue weighted by molar-refractivity contribution is -0.136. The number of hydrogen-bond donors (Lipinski definition) is 3.